The van der Waals surface area contributed by atoms with Gasteiger partial charge in [-0.1, -0.05) is 43.3 Å². The monoisotopic (exact) mass is 375 g/mol. The fourth-order valence-electron chi connectivity index (χ4n) is 2.87. The van der Waals surface area contributed by atoms with Crippen molar-refractivity contribution in [2.45, 2.75) is 26.3 Å². The number of anilines is 2. The average Bonchev–Trinajstić information content (AvgIpc) is 2.72. The van der Waals surface area contributed by atoms with Crippen molar-refractivity contribution in [2.75, 3.05) is 17.2 Å². The van der Waals surface area contributed by atoms with Crippen molar-refractivity contribution < 1.29 is 9.59 Å². The molecule has 0 radical (unpaired) electrons. The van der Waals surface area contributed by atoms with Gasteiger partial charge in [-0.05, 0) is 49.1 Å². The molecule has 3 aromatic carbocycles. The summed E-state index contributed by atoms with van der Waals surface area (Å²) in [5.41, 5.74) is 2.15. The number of amides is 2. The molecule has 0 aliphatic heterocycles. The van der Waals surface area contributed by atoms with Crippen LogP contribution in [0, 0.1) is 0 Å². The van der Waals surface area contributed by atoms with Crippen LogP contribution in [0.5, 0.6) is 0 Å². The van der Waals surface area contributed by atoms with Gasteiger partial charge >= 0.3 is 0 Å². The molecule has 2 amide bonds. The van der Waals surface area contributed by atoms with Crippen molar-refractivity contribution in [2.24, 2.45) is 0 Å². The SMILES string of the molecule is CCC(C)NC(=O)c1ccc(NC(=O)CNc2cccc3ccccc23)cc1. The summed E-state index contributed by atoms with van der Waals surface area (Å²) in [5, 5.41) is 11.2. The minimum absolute atomic E-state index is 0.107. The van der Waals surface area contributed by atoms with Gasteiger partial charge in [0.25, 0.3) is 5.91 Å². The van der Waals surface area contributed by atoms with Gasteiger partial charge in [0.15, 0.2) is 0 Å². The highest BCUT2D eigenvalue weighted by Gasteiger charge is 2.09. The lowest BCUT2D eigenvalue weighted by atomic mass is 10.1. The van der Waals surface area contributed by atoms with Crippen LogP contribution in [0.3, 0.4) is 0 Å². The Labute approximate surface area is 165 Å². The summed E-state index contributed by atoms with van der Waals surface area (Å²) in [6, 6.07) is 21.0. The summed E-state index contributed by atoms with van der Waals surface area (Å²) in [6.45, 7) is 4.15. The van der Waals surface area contributed by atoms with Crippen LogP contribution in [0.15, 0.2) is 66.7 Å². The molecule has 0 fully saturated rings. The molecule has 0 spiro atoms. The number of rotatable bonds is 7. The minimum Gasteiger partial charge on any atom is -0.376 e. The zero-order valence-corrected chi connectivity index (χ0v) is 16.2. The number of hydrogen-bond acceptors (Lipinski definition) is 3. The van der Waals surface area contributed by atoms with Gasteiger partial charge in [0, 0.05) is 28.4 Å². The fourth-order valence-corrected chi connectivity index (χ4v) is 2.87. The van der Waals surface area contributed by atoms with Gasteiger partial charge in [-0.25, -0.2) is 0 Å². The molecule has 0 heterocycles. The molecule has 3 N–H and O–H groups in total. The molecule has 0 saturated heterocycles. The first-order valence-electron chi connectivity index (χ1n) is 9.49. The van der Waals surface area contributed by atoms with E-state index < -0.39 is 0 Å². The van der Waals surface area contributed by atoms with Crippen LogP contribution >= 0.6 is 0 Å². The molecule has 5 heteroatoms. The Kier molecular flexibility index (Phi) is 6.27. The zero-order chi connectivity index (χ0) is 19.9. The lowest BCUT2D eigenvalue weighted by Crippen LogP contribution is -2.31. The second kappa shape index (κ2) is 9.04. The number of benzene rings is 3. The Morgan fingerprint density at radius 1 is 0.929 bits per heavy atom. The topological polar surface area (TPSA) is 70.2 Å². The van der Waals surface area contributed by atoms with Gasteiger partial charge in [0.1, 0.15) is 0 Å². The second-order valence-electron chi connectivity index (χ2n) is 6.79. The highest BCUT2D eigenvalue weighted by atomic mass is 16.2. The van der Waals surface area contributed by atoms with Crippen LogP contribution in [0.1, 0.15) is 30.6 Å². The van der Waals surface area contributed by atoms with Crippen LogP contribution in [-0.4, -0.2) is 24.4 Å². The van der Waals surface area contributed by atoms with Crippen molar-refractivity contribution in [1.29, 1.82) is 0 Å². The Morgan fingerprint density at radius 2 is 1.64 bits per heavy atom. The van der Waals surface area contributed by atoms with E-state index in [1.807, 2.05) is 56.3 Å². The van der Waals surface area contributed by atoms with Crippen molar-refractivity contribution in [3.05, 3.63) is 72.3 Å². The molecule has 28 heavy (non-hydrogen) atoms. The van der Waals surface area contributed by atoms with Crippen LogP contribution in [0.4, 0.5) is 11.4 Å². The molecule has 1 unspecified atom stereocenters. The van der Waals surface area contributed by atoms with Crippen LogP contribution in [0.25, 0.3) is 10.8 Å². The Balaban J connectivity index is 1.57. The summed E-state index contributed by atoms with van der Waals surface area (Å²) in [6.07, 6.45) is 0.879. The maximum Gasteiger partial charge on any atom is 0.251 e. The fraction of sp³-hybridized carbons (Fsp3) is 0.217. The Bertz CT molecular complexity index is 962. The highest BCUT2D eigenvalue weighted by molar-refractivity contribution is 5.98. The lowest BCUT2D eigenvalue weighted by Gasteiger charge is -2.12. The van der Waals surface area contributed by atoms with E-state index in [9.17, 15) is 9.59 Å². The first kappa shape index (κ1) is 19.4. The molecule has 144 valence electrons. The van der Waals surface area contributed by atoms with Crippen molar-refractivity contribution >= 4 is 34.0 Å². The smallest absolute Gasteiger partial charge is 0.251 e. The summed E-state index contributed by atoms with van der Waals surface area (Å²) in [4.78, 5) is 24.4. The van der Waals surface area contributed by atoms with E-state index in [-0.39, 0.29) is 24.4 Å². The van der Waals surface area contributed by atoms with E-state index in [0.717, 1.165) is 22.9 Å². The average molecular weight is 375 g/mol. The molecule has 0 saturated carbocycles. The van der Waals surface area contributed by atoms with E-state index in [1.165, 1.54) is 0 Å². The minimum atomic E-state index is -0.148. The second-order valence-corrected chi connectivity index (χ2v) is 6.79. The van der Waals surface area contributed by atoms with Gasteiger partial charge in [0.2, 0.25) is 5.91 Å². The third-order valence-electron chi connectivity index (χ3n) is 4.65. The number of hydrogen-bond donors (Lipinski definition) is 3. The van der Waals surface area contributed by atoms with Gasteiger partial charge < -0.3 is 16.0 Å². The van der Waals surface area contributed by atoms with E-state index in [4.69, 9.17) is 0 Å². The predicted octanol–water partition coefficient (Wildman–Crippen LogP) is 4.42. The maximum absolute atomic E-state index is 12.3. The molecular weight excluding hydrogens is 350 g/mol. The standard InChI is InChI=1S/C23H25N3O2/c1-3-16(2)25-23(28)18-11-13-19(14-12-18)26-22(27)15-24-21-10-6-8-17-7-4-5-9-20(17)21/h4-14,16,24H,3,15H2,1-2H3,(H,25,28)(H,26,27). The summed E-state index contributed by atoms with van der Waals surface area (Å²) >= 11 is 0. The van der Waals surface area contributed by atoms with Crippen LogP contribution in [0.2, 0.25) is 0 Å². The van der Waals surface area contributed by atoms with E-state index in [0.29, 0.717) is 11.3 Å². The first-order chi connectivity index (χ1) is 13.6. The molecule has 0 aliphatic carbocycles. The van der Waals surface area contributed by atoms with Crippen molar-refractivity contribution in [3.63, 3.8) is 0 Å². The Hall–Kier alpha value is -3.34. The molecule has 0 aromatic heterocycles. The number of fused-ring (bicyclic) bond motifs is 1. The maximum atomic E-state index is 12.3. The summed E-state index contributed by atoms with van der Waals surface area (Å²) in [5.74, 6) is -0.255. The van der Waals surface area contributed by atoms with Crippen LogP contribution in [-0.2, 0) is 4.79 Å². The molecule has 0 bridgehead atoms. The zero-order valence-electron chi connectivity index (χ0n) is 16.2. The molecular formula is C23H25N3O2. The first-order valence-corrected chi connectivity index (χ1v) is 9.49. The third-order valence-corrected chi connectivity index (χ3v) is 4.65. The normalized spacial score (nSPS) is 11.6. The number of nitrogens with one attached hydrogen (secondary N) is 3. The largest absolute Gasteiger partial charge is 0.376 e. The molecule has 0 aliphatic rings. The van der Waals surface area contributed by atoms with Gasteiger partial charge in [-0.3, -0.25) is 9.59 Å². The molecule has 5 nitrogen and oxygen atoms in total. The van der Waals surface area contributed by atoms with Crippen LogP contribution < -0.4 is 16.0 Å². The molecule has 1 atom stereocenters. The Morgan fingerprint density at radius 3 is 2.39 bits per heavy atom. The number of carbonyl (C=O) groups excluding carboxylic acids is 2. The summed E-state index contributed by atoms with van der Waals surface area (Å²) in [7, 11) is 0. The lowest BCUT2D eigenvalue weighted by molar-refractivity contribution is -0.114. The van der Waals surface area contributed by atoms with E-state index in [2.05, 4.69) is 16.0 Å². The summed E-state index contributed by atoms with van der Waals surface area (Å²) < 4.78 is 0. The number of carbonyl (C=O) groups is 2. The van der Waals surface area contributed by atoms with E-state index in [1.54, 1.807) is 24.3 Å². The van der Waals surface area contributed by atoms with Gasteiger partial charge in [-0.15, -0.1) is 0 Å². The van der Waals surface area contributed by atoms with Gasteiger partial charge in [0.05, 0.1) is 6.54 Å². The van der Waals surface area contributed by atoms with Crippen molar-refractivity contribution in [3.8, 4) is 0 Å². The quantitative estimate of drug-likeness (QED) is 0.572. The third kappa shape index (κ3) is 4.88. The molecule has 3 rings (SSSR count). The predicted molar refractivity (Wildman–Crippen MR) is 115 cm³/mol. The van der Waals surface area contributed by atoms with E-state index >= 15 is 0 Å². The van der Waals surface area contributed by atoms with Gasteiger partial charge in [-0.2, -0.15) is 0 Å². The highest BCUT2D eigenvalue weighted by Crippen LogP contribution is 2.22. The van der Waals surface area contributed by atoms with Crippen molar-refractivity contribution in [1.82, 2.24) is 5.32 Å². The molecule has 3 aromatic rings.